The second-order valence-electron chi connectivity index (χ2n) is 4.68. The lowest BCUT2D eigenvalue weighted by molar-refractivity contribution is 0.505. The van der Waals surface area contributed by atoms with E-state index >= 15 is 0 Å². The van der Waals surface area contributed by atoms with Crippen LogP contribution in [-0.2, 0) is 6.42 Å². The molecule has 0 aliphatic heterocycles. The molecule has 0 saturated carbocycles. The summed E-state index contributed by atoms with van der Waals surface area (Å²) < 4.78 is 5.53. The molecular formula is C14H21N3OS. The number of hydrogen-bond acceptors (Lipinski definition) is 5. The topological polar surface area (TPSA) is 51.0 Å². The lowest BCUT2D eigenvalue weighted by Crippen LogP contribution is -2.16. The third-order valence-electron chi connectivity index (χ3n) is 2.91. The van der Waals surface area contributed by atoms with Crippen molar-refractivity contribution < 1.29 is 4.42 Å². The van der Waals surface area contributed by atoms with E-state index in [1.54, 1.807) is 11.3 Å². The SMILES string of the molecule is CCCNCCCc1nnc(-c2cc(C)oc2C)s1. The molecule has 0 aliphatic rings. The quantitative estimate of drug-likeness (QED) is 0.790. The van der Waals surface area contributed by atoms with Gasteiger partial charge in [0.25, 0.3) is 0 Å². The van der Waals surface area contributed by atoms with Gasteiger partial charge in [-0.2, -0.15) is 0 Å². The Labute approximate surface area is 118 Å². The van der Waals surface area contributed by atoms with E-state index in [1.807, 2.05) is 19.9 Å². The Morgan fingerprint density at radius 2 is 2.11 bits per heavy atom. The van der Waals surface area contributed by atoms with Gasteiger partial charge in [-0.15, -0.1) is 10.2 Å². The molecule has 0 aromatic carbocycles. The van der Waals surface area contributed by atoms with Crippen molar-refractivity contribution >= 4 is 11.3 Å². The highest BCUT2D eigenvalue weighted by Gasteiger charge is 2.12. The summed E-state index contributed by atoms with van der Waals surface area (Å²) in [6.07, 6.45) is 3.28. The maximum atomic E-state index is 5.53. The maximum absolute atomic E-state index is 5.53. The maximum Gasteiger partial charge on any atom is 0.151 e. The van der Waals surface area contributed by atoms with Crippen LogP contribution in [0.3, 0.4) is 0 Å². The molecule has 0 bridgehead atoms. The standard InChI is InChI=1S/C14H21N3OS/c1-4-7-15-8-5-6-13-16-17-14(19-13)12-9-10(2)18-11(12)3/h9,15H,4-8H2,1-3H3. The van der Waals surface area contributed by atoms with Gasteiger partial charge in [0, 0.05) is 6.42 Å². The average Bonchev–Trinajstić information content (AvgIpc) is 2.95. The van der Waals surface area contributed by atoms with Crippen molar-refractivity contribution in [2.45, 2.75) is 40.0 Å². The van der Waals surface area contributed by atoms with Gasteiger partial charge in [-0.1, -0.05) is 18.3 Å². The van der Waals surface area contributed by atoms with Crippen LogP contribution in [0.2, 0.25) is 0 Å². The summed E-state index contributed by atoms with van der Waals surface area (Å²) in [5, 5.41) is 14.0. The molecule has 2 aromatic rings. The number of hydrogen-bond donors (Lipinski definition) is 1. The van der Waals surface area contributed by atoms with E-state index < -0.39 is 0 Å². The zero-order valence-electron chi connectivity index (χ0n) is 11.8. The summed E-state index contributed by atoms with van der Waals surface area (Å²) in [6, 6.07) is 2.03. The first-order valence-electron chi connectivity index (χ1n) is 6.81. The van der Waals surface area contributed by atoms with Crippen LogP contribution >= 0.6 is 11.3 Å². The van der Waals surface area contributed by atoms with Gasteiger partial charge in [0.15, 0.2) is 5.01 Å². The highest BCUT2D eigenvalue weighted by molar-refractivity contribution is 7.14. The second kappa shape index (κ2) is 6.82. The molecule has 0 radical (unpaired) electrons. The molecule has 0 spiro atoms. The summed E-state index contributed by atoms with van der Waals surface area (Å²) in [5.41, 5.74) is 1.07. The normalized spacial score (nSPS) is 11.1. The molecule has 0 aliphatic carbocycles. The van der Waals surface area contributed by atoms with E-state index in [0.717, 1.165) is 53.0 Å². The van der Waals surface area contributed by atoms with Crippen molar-refractivity contribution in [2.75, 3.05) is 13.1 Å². The molecule has 1 N–H and O–H groups in total. The fourth-order valence-electron chi connectivity index (χ4n) is 1.97. The molecule has 19 heavy (non-hydrogen) atoms. The van der Waals surface area contributed by atoms with Crippen LogP contribution in [0, 0.1) is 13.8 Å². The molecule has 0 atom stereocenters. The van der Waals surface area contributed by atoms with Gasteiger partial charge in [0.2, 0.25) is 0 Å². The van der Waals surface area contributed by atoms with Gasteiger partial charge in [0.05, 0.1) is 5.56 Å². The largest absolute Gasteiger partial charge is 0.466 e. The Hall–Kier alpha value is -1.20. The van der Waals surface area contributed by atoms with E-state index in [4.69, 9.17) is 4.42 Å². The van der Waals surface area contributed by atoms with Gasteiger partial charge >= 0.3 is 0 Å². The number of furan rings is 1. The van der Waals surface area contributed by atoms with Gasteiger partial charge in [-0.3, -0.25) is 0 Å². The van der Waals surface area contributed by atoms with Crippen molar-refractivity contribution in [3.8, 4) is 10.6 Å². The minimum atomic E-state index is 0.921. The zero-order valence-corrected chi connectivity index (χ0v) is 12.6. The Morgan fingerprint density at radius 1 is 1.26 bits per heavy atom. The first-order valence-corrected chi connectivity index (χ1v) is 7.63. The van der Waals surface area contributed by atoms with Gasteiger partial charge in [0.1, 0.15) is 16.5 Å². The van der Waals surface area contributed by atoms with Crippen molar-refractivity contribution in [2.24, 2.45) is 0 Å². The average molecular weight is 279 g/mol. The summed E-state index contributed by atoms with van der Waals surface area (Å²) >= 11 is 1.67. The summed E-state index contributed by atoms with van der Waals surface area (Å²) in [7, 11) is 0. The fraction of sp³-hybridized carbons (Fsp3) is 0.571. The van der Waals surface area contributed by atoms with E-state index in [0.29, 0.717) is 0 Å². The van der Waals surface area contributed by atoms with Crippen molar-refractivity contribution in [1.82, 2.24) is 15.5 Å². The van der Waals surface area contributed by atoms with Crippen LogP contribution < -0.4 is 5.32 Å². The van der Waals surface area contributed by atoms with E-state index in [2.05, 4.69) is 22.4 Å². The fourth-order valence-corrected chi connectivity index (χ4v) is 2.92. The lowest BCUT2D eigenvalue weighted by atomic mass is 10.2. The number of nitrogens with one attached hydrogen (secondary N) is 1. The Kier molecular flexibility index (Phi) is 5.10. The van der Waals surface area contributed by atoms with Crippen molar-refractivity contribution in [3.63, 3.8) is 0 Å². The summed E-state index contributed by atoms with van der Waals surface area (Å²) in [6.45, 7) is 8.25. The van der Waals surface area contributed by atoms with Gasteiger partial charge in [-0.25, -0.2) is 0 Å². The third-order valence-corrected chi connectivity index (χ3v) is 3.93. The predicted molar refractivity (Wildman–Crippen MR) is 78.6 cm³/mol. The molecule has 0 saturated heterocycles. The van der Waals surface area contributed by atoms with Crippen molar-refractivity contribution in [3.05, 3.63) is 22.6 Å². The molecule has 0 fully saturated rings. The highest BCUT2D eigenvalue weighted by atomic mass is 32.1. The second-order valence-corrected chi connectivity index (χ2v) is 5.74. The van der Waals surface area contributed by atoms with Crippen LogP contribution in [0.4, 0.5) is 0 Å². The highest BCUT2D eigenvalue weighted by Crippen LogP contribution is 2.29. The minimum Gasteiger partial charge on any atom is -0.466 e. The molecular weight excluding hydrogens is 258 g/mol. The minimum absolute atomic E-state index is 0.921. The molecule has 0 unspecified atom stereocenters. The molecule has 2 heterocycles. The van der Waals surface area contributed by atoms with Crippen LogP contribution in [0.25, 0.3) is 10.6 Å². The number of aromatic nitrogens is 2. The van der Waals surface area contributed by atoms with E-state index in [-0.39, 0.29) is 0 Å². The number of nitrogens with zero attached hydrogens (tertiary/aromatic N) is 2. The van der Waals surface area contributed by atoms with Crippen LogP contribution in [-0.4, -0.2) is 23.3 Å². The molecule has 5 heteroatoms. The molecule has 4 nitrogen and oxygen atoms in total. The smallest absolute Gasteiger partial charge is 0.151 e. The first kappa shape index (κ1) is 14.2. The Bertz CT molecular complexity index is 518. The van der Waals surface area contributed by atoms with Crippen LogP contribution in [0.15, 0.2) is 10.5 Å². The first-order chi connectivity index (χ1) is 9.20. The predicted octanol–water partition coefficient (Wildman–Crippen LogP) is 3.35. The van der Waals surface area contributed by atoms with Crippen molar-refractivity contribution in [1.29, 1.82) is 0 Å². The summed E-state index contributed by atoms with van der Waals surface area (Å²) in [4.78, 5) is 0. The van der Waals surface area contributed by atoms with Gasteiger partial charge in [-0.05, 0) is 45.8 Å². The molecule has 104 valence electrons. The third kappa shape index (κ3) is 3.88. The number of aryl methyl sites for hydroxylation is 3. The Balaban J connectivity index is 1.90. The Morgan fingerprint density at radius 3 is 2.79 bits per heavy atom. The van der Waals surface area contributed by atoms with Crippen LogP contribution in [0.1, 0.15) is 36.3 Å². The number of rotatable bonds is 7. The monoisotopic (exact) mass is 279 g/mol. The van der Waals surface area contributed by atoms with E-state index in [9.17, 15) is 0 Å². The van der Waals surface area contributed by atoms with Crippen LogP contribution in [0.5, 0.6) is 0 Å². The zero-order chi connectivity index (χ0) is 13.7. The molecule has 2 aromatic heterocycles. The summed E-state index contributed by atoms with van der Waals surface area (Å²) in [5.74, 6) is 1.85. The molecule has 2 rings (SSSR count). The van der Waals surface area contributed by atoms with E-state index in [1.165, 1.54) is 6.42 Å². The van der Waals surface area contributed by atoms with Gasteiger partial charge < -0.3 is 9.73 Å². The lowest BCUT2D eigenvalue weighted by Gasteiger charge is -1.99. The molecule has 0 amide bonds.